The van der Waals surface area contributed by atoms with E-state index in [-0.39, 0.29) is 5.91 Å². The molecular weight excluding hydrogens is 252 g/mol. The third-order valence-electron chi connectivity index (χ3n) is 3.36. The van der Waals surface area contributed by atoms with Crippen LogP contribution >= 0.6 is 0 Å². The molecule has 1 heterocycles. The summed E-state index contributed by atoms with van der Waals surface area (Å²) in [6.07, 6.45) is 2.41. The number of fused-ring (bicyclic) bond motifs is 1. The van der Waals surface area contributed by atoms with E-state index >= 15 is 0 Å². The molecule has 1 aromatic rings. The van der Waals surface area contributed by atoms with Gasteiger partial charge in [-0.3, -0.25) is 9.59 Å². The molecule has 4 heteroatoms. The van der Waals surface area contributed by atoms with Gasteiger partial charge in [0.2, 0.25) is 5.91 Å². The highest BCUT2D eigenvalue weighted by Crippen LogP contribution is 2.34. The van der Waals surface area contributed by atoms with Gasteiger partial charge in [0.05, 0.1) is 0 Å². The van der Waals surface area contributed by atoms with E-state index < -0.39 is 5.91 Å². The Hall–Kier alpha value is -2.36. The third-order valence-corrected chi connectivity index (χ3v) is 3.36. The zero-order chi connectivity index (χ0) is 14.9. The van der Waals surface area contributed by atoms with Gasteiger partial charge in [0.15, 0.2) is 0 Å². The van der Waals surface area contributed by atoms with E-state index in [4.69, 9.17) is 5.73 Å². The quantitative estimate of drug-likeness (QED) is 0.828. The monoisotopic (exact) mass is 270 g/mol. The summed E-state index contributed by atoms with van der Waals surface area (Å²) in [4.78, 5) is 22.9. The van der Waals surface area contributed by atoms with Crippen LogP contribution in [-0.4, -0.2) is 11.8 Å². The lowest BCUT2D eigenvalue weighted by Gasteiger charge is -2.03. The van der Waals surface area contributed by atoms with Crippen LogP contribution in [0.1, 0.15) is 31.9 Å². The summed E-state index contributed by atoms with van der Waals surface area (Å²) in [7, 11) is 0. The highest BCUT2D eigenvalue weighted by molar-refractivity contribution is 6.32. The van der Waals surface area contributed by atoms with E-state index in [1.165, 1.54) is 0 Å². The maximum Gasteiger partial charge on any atom is 0.256 e. The van der Waals surface area contributed by atoms with Crippen molar-refractivity contribution in [2.24, 2.45) is 5.73 Å². The van der Waals surface area contributed by atoms with E-state index in [1.807, 2.05) is 32.0 Å². The van der Waals surface area contributed by atoms with Crippen LogP contribution in [0.15, 0.2) is 35.4 Å². The van der Waals surface area contributed by atoms with Crippen molar-refractivity contribution < 1.29 is 9.59 Å². The Morgan fingerprint density at radius 3 is 2.60 bits per heavy atom. The fourth-order valence-electron chi connectivity index (χ4n) is 2.21. The smallest absolute Gasteiger partial charge is 0.256 e. The zero-order valence-corrected chi connectivity index (χ0v) is 11.9. The predicted octanol–water partition coefficient (Wildman–Crippen LogP) is 2.41. The molecule has 0 saturated carbocycles. The topological polar surface area (TPSA) is 72.2 Å². The molecule has 0 unspecified atom stereocenters. The molecular formula is C16H18N2O2. The molecule has 0 atom stereocenters. The first-order valence-electron chi connectivity index (χ1n) is 6.49. The normalized spacial score (nSPS) is 14.1. The second kappa shape index (κ2) is 5.33. The molecule has 0 bridgehead atoms. The van der Waals surface area contributed by atoms with E-state index in [0.29, 0.717) is 12.0 Å². The molecule has 0 aliphatic carbocycles. The van der Waals surface area contributed by atoms with Crippen LogP contribution in [0, 0.1) is 0 Å². The Labute approximate surface area is 118 Å². The van der Waals surface area contributed by atoms with Crippen molar-refractivity contribution in [2.75, 3.05) is 5.32 Å². The summed E-state index contributed by atoms with van der Waals surface area (Å²) < 4.78 is 0. The van der Waals surface area contributed by atoms with Gasteiger partial charge >= 0.3 is 0 Å². The van der Waals surface area contributed by atoms with Crippen molar-refractivity contribution in [3.05, 3.63) is 46.5 Å². The number of rotatable bonds is 3. The number of primary amides is 1. The standard InChI is InChI=1S/C16H18N2O2/c1-9(2)14-12-7-6-11(5-4-10(3)15(17)19)8-13(12)18-16(14)20/h4,6-8H,5H2,1-3H3,(H2,17,19)(H,18,20). The number of hydrogen-bond donors (Lipinski definition) is 2. The molecule has 0 saturated heterocycles. The van der Waals surface area contributed by atoms with Crippen LogP contribution < -0.4 is 11.1 Å². The molecule has 3 N–H and O–H groups in total. The number of hydrogen-bond acceptors (Lipinski definition) is 2. The molecule has 1 aliphatic heterocycles. The minimum Gasteiger partial charge on any atom is -0.366 e. The first-order chi connectivity index (χ1) is 9.40. The molecule has 2 rings (SSSR count). The van der Waals surface area contributed by atoms with E-state index in [0.717, 1.165) is 28.0 Å². The van der Waals surface area contributed by atoms with Crippen molar-refractivity contribution in [3.63, 3.8) is 0 Å². The zero-order valence-electron chi connectivity index (χ0n) is 11.9. The Morgan fingerprint density at radius 2 is 2.00 bits per heavy atom. The van der Waals surface area contributed by atoms with Crippen molar-refractivity contribution in [2.45, 2.75) is 27.2 Å². The lowest BCUT2D eigenvalue weighted by molar-refractivity contribution is -0.114. The lowest BCUT2D eigenvalue weighted by atomic mass is 10.00. The first-order valence-corrected chi connectivity index (χ1v) is 6.49. The Bertz CT molecular complexity index is 650. The first kappa shape index (κ1) is 14.1. The second-order valence-electron chi connectivity index (χ2n) is 5.16. The molecule has 2 amide bonds. The van der Waals surface area contributed by atoms with Gasteiger partial charge in [-0.15, -0.1) is 0 Å². The number of anilines is 1. The highest BCUT2D eigenvalue weighted by atomic mass is 16.2. The Morgan fingerprint density at radius 1 is 1.30 bits per heavy atom. The number of amides is 2. The summed E-state index contributed by atoms with van der Waals surface area (Å²) in [6.45, 7) is 5.55. The highest BCUT2D eigenvalue weighted by Gasteiger charge is 2.24. The van der Waals surface area contributed by atoms with Crippen LogP contribution in [-0.2, 0) is 16.0 Å². The number of carbonyl (C=O) groups excluding carboxylic acids is 2. The van der Waals surface area contributed by atoms with Gasteiger partial charge in [0.1, 0.15) is 0 Å². The second-order valence-corrected chi connectivity index (χ2v) is 5.16. The largest absolute Gasteiger partial charge is 0.366 e. The molecule has 4 nitrogen and oxygen atoms in total. The lowest BCUT2D eigenvalue weighted by Crippen LogP contribution is -2.11. The SMILES string of the molecule is CC(=CCc1ccc2c(c1)NC(=O)C2=C(C)C)C(N)=O. The van der Waals surface area contributed by atoms with Gasteiger partial charge in [-0.2, -0.15) is 0 Å². The van der Waals surface area contributed by atoms with Crippen molar-refractivity contribution in [3.8, 4) is 0 Å². The van der Waals surface area contributed by atoms with E-state index in [1.54, 1.807) is 13.0 Å². The average molecular weight is 270 g/mol. The summed E-state index contributed by atoms with van der Waals surface area (Å²) in [6, 6.07) is 5.85. The van der Waals surface area contributed by atoms with Crippen LogP contribution in [0.3, 0.4) is 0 Å². The Balaban J connectivity index is 2.30. The molecule has 1 aromatic carbocycles. The maximum atomic E-state index is 11.9. The number of nitrogens with two attached hydrogens (primary N) is 1. The summed E-state index contributed by atoms with van der Waals surface area (Å²) in [5, 5.41) is 2.87. The predicted molar refractivity (Wildman–Crippen MR) is 80.0 cm³/mol. The van der Waals surface area contributed by atoms with E-state index in [9.17, 15) is 9.59 Å². The van der Waals surface area contributed by atoms with Crippen molar-refractivity contribution in [1.82, 2.24) is 0 Å². The van der Waals surface area contributed by atoms with Crippen molar-refractivity contribution >= 4 is 23.1 Å². The summed E-state index contributed by atoms with van der Waals surface area (Å²) >= 11 is 0. The van der Waals surface area contributed by atoms with Gasteiger partial charge in [-0.1, -0.05) is 23.8 Å². The molecule has 1 aliphatic rings. The van der Waals surface area contributed by atoms with Gasteiger partial charge in [-0.25, -0.2) is 0 Å². The molecule has 0 radical (unpaired) electrons. The van der Waals surface area contributed by atoms with E-state index in [2.05, 4.69) is 5.32 Å². The molecule has 104 valence electrons. The number of allylic oxidation sites excluding steroid dienone is 2. The van der Waals surface area contributed by atoms with Gasteiger partial charge in [0, 0.05) is 22.4 Å². The minimum atomic E-state index is -0.411. The third kappa shape index (κ3) is 2.64. The fourth-order valence-corrected chi connectivity index (χ4v) is 2.21. The summed E-state index contributed by atoms with van der Waals surface area (Å²) in [5.74, 6) is -0.465. The number of nitrogens with one attached hydrogen (secondary N) is 1. The van der Waals surface area contributed by atoms with Gasteiger partial charge in [0.25, 0.3) is 5.91 Å². The molecule has 0 aromatic heterocycles. The Kier molecular flexibility index (Phi) is 3.74. The molecule has 20 heavy (non-hydrogen) atoms. The molecule has 0 fully saturated rings. The fraction of sp³-hybridized carbons (Fsp3) is 0.250. The number of benzene rings is 1. The van der Waals surface area contributed by atoms with Crippen LogP contribution in [0.4, 0.5) is 5.69 Å². The van der Waals surface area contributed by atoms with Crippen molar-refractivity contribution in [1.29, 1.82) is 0 Å². The average Bonchev–Trinajstić information content (AvgIpc) is 2.70. The minimum absolute atomic E-state index is 0.0546. The van der Waals surface area contributed by atoms with Crippen LogP contribution in [0.5, 0.6) is 0 Å². The maximum absolute atomic E-state index is 11.9. The van der Waals surface area contributed by atoms with Gasteiger partial charge < -0.3 is 11.1 Å². The molecule has 0 spiro atoms. The van der Waals surface area contributed by atoms with Crippen LogP contribution in [0.25, 0.3) is 5.57 Å². The number of carbonyl (C=O) groups is 2. The van der Waals surface area contributed by atoms with Gasteiger partial charge in [-0.05, 0) is 38.8 Å². The summed E-state index contributed by atoms with van der Waals surface area (Å²) in [5.41, 5.74) is 10.3. The van der Waals surface area contributed by atoms with Crippen LogP contribution in [0.2, 0.25) is 0 Å².